The Kier molecular flexibility index (Phi) is 4.25. The molecule has 1 N–H and O–H groups in total. The second kappa shape index (κ2) is 5.70. The number of hydrogen-bond acceptors (Lipinski definition) is 4. The lowest BCUT2D eigenvalue weighted by molar-refractivity contribution is 0.715. The first-order chi connectivity index (χ1) is 7.81. The van der Waals surface area contributed by atoms with E-state index in [9.17, 15) is 0 Å². The van der Waals surface area contributed by atoms with Crippen molar-refractivity contribution in [1.29, 1.82) is 0 Å². The van der Waals surface area contributed by atoms with Crippen molar-refractivity contribution in [2.75, 3.05) is 6.54 Å². The van der Waals surface area contributed by atoms with Gasteiger partial charge in [-0.25, -0.2) is 0 Å². The molecule has 0 unspecified atom stereocenters. The van der Waals surface area contributed by atoms with Gasteiger partial charge in [-0.1, -0.05) is 36.5 Å². The van der Waals surface area contributed by atoms with Crippen LogP contribution in [0.1, 0.15) is 11.9 Å². The second-order valence-corrected chi connectivity index (χ2v) is 5.49. The van der Waals surface area contributed by atoms with Crippen molar-refractivity contribution >= 4 is 33.9 Å². The summed E-state index contributed by atoms with van der Waals surface area (Å²) in [6.45, 7) is 3.84. The van der Waals surface area contributed by atoms with Crippen molar-refractivity contribution in [3.05, 3.63) is 32.8 Å². The lowest BCUT2D eigenvalue weighted by Gasteiger charge is -1.97. The van der Waals surface area contributed by atoms with Crippen LogP contribution in [-0.2, 0) is 6.54 Å². The SMILES string of the molecule is CCNCc1nnc(-c2ccccc2I)s1. The van der Waals surface area contributed by atoms with Crippen LogP contribution in [0.3, 0.4) is 0 Å². The van der Waals surface area contributed by atoms with Gasteiger partial charge in [-0.3, -0.25) is 0 Å². The first-order valence-electron chi connectivity index (χ1n) is 5.09. The van der Waals surface area contributed by atoms with E-state index in [1.54, 1.807) is 11.3 Å². The minimum atomic E-state index is 0.803. The van der Waals surface area contributed by atoms with Gasteiger partial charge in [-0.15, -0.1) is 10.2 Å². The molecule has 3 nitrogen and oxygen atoms in total. The molecule has 0 aliphatic heterocycles. The highest BCUT2D eigenvalue weighted by Crippen LogP contribution is 2.27. The molecule has 0 saturated carbocycles. The summed E-state index contributed by atoms with van der Waals surface area (Å²) in [5.41, 5.74) is 1.17. The van der Waals surface area contributed by atoms with Gasteiger partial charge >= 0.3 is 0 Å². The molecule has 1 heterocycles. The Morgan fingerprint density at radius 3 is 2.88 bits per heavy atom. The summed E-state index contributed by atoms with van der Waals surface area (Å²) in [5.74, 6) is 0. The third-order valence-corrected chi connectivity index (χ3v) is 3.99. The molecule has 1 aromatic heterocycles. The first kappa shape index (κ1) is 11.9. The van der Waals surface area contributed by atoms with Crippen molar-refractivity contribution in [2.45, 2.75) is 13.5 Å². The Bertz CT molecular complexity index is 470. The van der Waals surface area contributed by atoms with Gasteiger partial charge in [-0.2, -0.15) is 0 Å². The average Bonchev–Trinajstić information content (AvgIpc) is 2.75. The number of nitrogens with zero attached hydrogens (tertiary/aromatic N) is 2. The zero-order valence-corrected chi connectivity index (χ0v) is 11.9. The summed E-state index contributed by atoms with van der Waals surface area (Å²) >= 11 is 3.98. The van der Waals surface area contributed by atoms with E-state index in [0.717, 1.165) is 23.1 Å². The maximum Gasteiger partial charge on any atom is 0.148 e. The van der Waals surface area contributed by atoms with Crippen LogP contribution < -0.4 is 5.32 Å². The predicted octanol–water partition coefficient (Wildman–Crippen LogP) is 2.92. The molecule has 16 heavy (non-hydrogen) atoms. The van der Waals surface area contributed by atoms with E-state index < -0.39 is 0 Å². The highest BCUT2D eigenvalue weighted by atomic mass is 127. The van der Waals surface area contributed by atoms with Crippen LogP contribution >= 0.6 is 33.9 Å². The van der Waals surface area contributed by atoms with Crippen LogP contribution in [-0.4, -0.2) is 16.7 Å². The van der Waals surface area contributed by atoms with E-state index in [4.69, 9.17) is 0 Å². The number of rotatable bonds is 4. The fourth-order valence-electron chi connectivity index (χ4n) is 1.30. The van der Waals surface area contributed by atoms with E-state index in [1.807, 2.05) is 12.1 Å². The molecule has 0 bridgehead atoms. The maximum absolute atomic E-state index is 4.22. The van der Waals surface area contributed by atoms with Gasteiger partial charge in [-0.05, 0) is 35.2 Å². The number of aromatic nitrogens is 2. The molecule has 0 fully saturated rings. The van der Waals surface area contributed by atoms with Gasteiger partial charge in [0.15, 0.2) is 0 Å². The van der Waals surface area contributed by atoms with Gasteiger partial charge in [0.25, 0.3) is 0 Å². The fraction of sp³-hybridized carbons (Fsp3) is 0.273. The molecule has 0 saturated heterocycles. The molecule has 0 spiro atoms. The van der Waals surface area contributed by atoms with Gasteiger partial charge < -0.3 is 5.32 Å². The van der Waals surface area contributed by atoms with Crippen LogP contribution in [0, 0.1) is 3.57 Å². The smallest absolute Gasteiger partial charge is 0.148 e. The lowest BCUT2D eigenvalue weighted by atomic mass is 10.2. The molecular weight excluding hydrogens is 333 g/mol. The Balaban J connectivity index is 2.22. The highest BCUT2D eigenvalue weighted by Gasteiger charge is 2.08. The molecule has 5 heteroatoms. The molecular formula is C11H12IN3S. The van der Waals surface area contributed by atoms with Crippen molar-refractivity contribution in [1.82, 2.24) is 15.5 Å². The summed E-state index contributed by atoms with van der Waals surface area (Å²) in [5, 5.41) is 13.7. The van der Waals surface area contributed by atoms with Crippen LogP contribution in [0.5, 0.6) is 0 Å². The number of hydrogen-bond donors (Lipinski definition) is 1. The Morgan fingerprint density at radius 1 is 1.31 bits per heavy atom. The number of nitrogens with one attached hydrogen (secondary N) is 1. The normalized spacial score (nSPS) is 10.6. The Hall–Kier alpha value is -0.530. The topological polar surface area (TPSA) is 37.8 Å². The van der Waals surface area contributed by atoms with E-state index >= 15 is 0 Å². The molecule has 2 aromatic rings. The predicted molar refractivity (Wildman–Crippen MR) is 75.4 cm³/mol. The minimum Gasteiger partial charge on any atom is -0.311 e. The molecule has 0 radical (unpaired) electrons. The summed E-state index contributed by atoms with van der Waals surface area (Å²) in [7, 11) is 0. The van der Waals surface area contributed by atoms with Crippen molar-refractivity contribution in [2.24, 2.45) is 0 Å². The molecule has 1 aromatic carbocycles. The van der Waals surface area contributed by atoms with E-state index in [-0.39, 0.29) is 0 Å². The fourth-order valence-corrected chi connectivity index (χ4v) is 2.97. The van der Waals surface area contributed by atoms with Crippen LogP contribution in [0.4, 0.5) is 0 Å². The van der Waals surface area contributed by atoms with Crippen LogP contribution in [0.15, 0.2) is 24.3 Å². The third-order valence-electron chi connectivity index (χ3n) is 2.10. The Labute approximate surface area is 112 Å². The molecule has 84 valence electrons. The van der Waals surface area contributed by atoms with Gasteiger partial charge in [0.1, 0.15) is 10.0 Å². The van der Waals surface area contributed by atoms with Crippen LogP contribution in [0.25, 0.3) is 10.6 Å². The van der Waals surface area contributed by atoms with Gasteiger partial charge in [0.05, 0.1) is 0 Å². The van der Waals surface area contributed by atoms with E-state index in [2.05, 4.69) is 57.2 Å². The summed E-state index contributed by atoms with van der Waals surface area (Å²) < 4.78 is 1.21. The summed E-state index contributed by atoms with van der Waals surface area (Å²) in [4.78, 5) is 0. The number of halogens is 1. The zero-order valence-electron chi connectivity index (χ0n) is 8.90. The van der Waals surface area contributed by atoms with Crippen molar-refractivity contribution < 1.29 is 0 Å². The summed E-state index contributed by atoms with van der Waals surface area (Å²) in [6.07, 6.45) is 0. The number of benzene rings is 1. The zero-order chi connectivity index (χ0) is 11.4. The maximum atomic E-state index is 4.22. The van der Waals surface area contributed by atoms with Crippen molar-refractivity contribution in [3.8, 4) is 10.6 Å². The van der Waals surface area contributed by atoms with E-state index in [1.165, 1.54) is 9.13 Å². The molecule has 0 aliphatic carbocycles. The average molecular weight is 345 g/mol. The summed E-state index contributed by atoms with van der Waals surface area (Å²) in [6, 6.07) is 8.23. The lowest BCUT2D eigenvalue weighted by Crippen LogP contribution is -2.11. The van der Waals surface area contributed by atoms with Gasteiger partial charge in [0.2, 0.25) is 0 Å². The van der Waals surface area contributed by atoms with Crippen LogP contribution in [0.2, 0.25) is 0 Å². The molecule has 0 atom stereocenters. The molecule has 0 amide bonds. The second-order valence-electron chi connectivity index (χ2n) is 3.26. The largest absolute Gasteiger partial charge is 0.311 e. The first-order valence-corrected chi connectivity index (χ1v) is 6.98. The van der Waals surface area contributed by atoms with Gasteiger partial charge in [0, 0.05) is 15.7 Å². The van der Waals surface area contributed by atoms with E-state index in [0.29, 0.717) is 0 Å². The minimum absolute atomic E-state index is 0.803. The Morgan fingerprint density at radius 2 is 2.12 bits per heavy atom. The third kappa shape index (κ3) is 2.78. The highest BCUT2D eigenvalue weighted by molar-refractivity contribution is 14.1. The molecule has 0 aliphatic rings. The monoisotopic (exact) mass is 345 g/mol. The van der Waals surface area contributed by atoms with Crippen molar-refractivity contribution in [3.63, 3.8) is 0 Å². The molecule has 2 rings (SSSR count). The standard InChI is InChI=1S/C11H12IN3S/c1-2-13-7-10-14-15-11(16-10)8-5-3-4-6-9(8)12/h3-6,13H,2,7H2,1H3. The quantitative estimate of drug-likeness (QED) is 0.866.